The van der Waals surface area contributed by atoms with Crippen LogP contribution in [-0.4, -0.2) is 16.1 Å². The molecule has 0 fully saturated rings. The zero-order chi connectivity index (χ0) is 13.4. The van der Waals surface area contributed by atoms with Gasteiger partial charge in [-0.05, 0) is 42.0 Å². The van der Waals surface area contributed by atoms with Gasteiger partial charge in [-0.1, -0.05) is 12.1 Å². The topological polar surface area (TPSA) is 29.9 Å². The Balaban J connectivity index is 1.80. The van der Waals surface area contributed by atoms with E-state index in [1.807, 2.05) is 12.5 Å². The number of benzene rings is 1. The second-order valence-corrected chi connectivity index (χ2v) is 5.95. The molecular formula is C16H15N3S. The Labute approximate surface area is 121 Å². The molecule has 1 N–H and O–H groups in total. The number of nitrogens with one attached hydrogen (secondary N) is 1. The minimum absolute atomic E-state index is 1.07. The maximum absolute atomic E-state index is 4.32. The van der Waals surface area contributed by atoms with Crippen LogP contribution < -0.4 is 5.32 Å². The molecule has 0 atom stereocenters. The average molecular weight is 281 g/mol. The number of aromatic nitrogens is 2. The van der Waals surface area contributed by atoms with E-state index in [4.69, 9.17) is 0 Å². The van der Waals surface area contributed by atoms with Gasteiger partial charge in [0.15, 0.2) is 0 Å². The molecule has 3 aromatic rings. The highest BCUT2D eigenvalue weighted by Crippen LogP contribution is 2.29. The zero-order valence-electron chi connectivity index (χ0n) is 11.0. The Morgan fingerprint density at radius 2 is 2.25 bits per heavy atom. The second kappa shape index (κ2) is 4.80. The lowest BCUT2D eigenvalue weighted by Crippen LogP contribution is -2.12. The van der Waals surface area contributed by atoms with Gasteiger partial charge in [-0.25, -0.2) is 4.98 Å². The van der Waals surface area contributed by atoms with E-state index < -0.39 is 0 Å². The van der Waals surface area contributed by atoms with E-state index in [0.29, 0.717) is 0 Å². The van der Waals surface area contributed by atoms with Gasteiger partial charge in [0.1, 0.15) is 0 Å². The van der Waals surface area contributed by atoms with E-state index in [9.17, 15) is 0 Å². The third kappa shape index (κ3) is 1.93. The van der Waals surface area contributed by atoms with Gasteiger partial charge in [0, 0.05) is 17.9 Å². The number of aryl methyl sites for hydroxylation is 1. The fraction of sp³-hybridized carbons (Fsp3) is 0.188. The lowest BCUT2D eigenvalue weighted by atomic mass is 10.0. The van der Waals surface area contributed by atoms with Crippen molar-refractivity contribution in [3.05, 3.63) is 53.8 Å². The number of hydrogen-bond donors (Lipinski definition) is 1. The van der Waals surface area contributed by atoms with Crippen LogP contribution in [0.2, 0.25) is 0 Å². The molecule has 1 aliphatic heterocycles. The summed E-state index contributed by atoms with van der Waals surface area (Å²) in [5, 5.41) is 5.59. The summed E-state index contributed by atoms with van der Waals surface area (Å²) in [6.45, 7) is 1.07. The summed E-state index contributed by atoms with van der Waals surface area (Å²) >= 11 is 1.74. The van der Waals surface area contributed by atoms with Crippen LogP contribution in [0.15, 0.2) is 48.2 Å². The fourth-order valence-electron chi connectivity index (χ4n) is 2.71. The summed E-state index contributed by atoms with van der Waals surface area (Å²) in [6.07, 6.45) is 6.21. The molecule has 0 aliphatic carbocycles. The molecule has 0 spiro atoms. The molecule has 2 aromatic heterocycles. The predicted molar refractivity (Wildman–Crippen MR) is 83.7 cm³/mol. The maximum Gasteiger partial charge on any atom is 0.0997 e. The van der Waals surface area contributed by atoms with E-state index in [0.717, 1.165) is 12.2 Å². The van der Waals surface area contributed by atoms with Crippen molar-refractivity contribution in [1.29, 1.82) is 0 Å². The number of thiophene rings is 1. The molecule has 4 rings (SSSR count). The highest BCUT2D eigenvalue weighted by molar-refractivity contribution is 7.13. The molecule has 0 amide bonds. The van der Waals surface area contributed by atoms with Crippen molar-refractivity contribution >= 4 is 17.0 Å². The minimum atomic E-state index is 1.07. The Morgan fingerprint density at radius 1 is 1.25 bits per heavy atom. The normalized spacial score (nSPS) is 13.8. The van der Waals surface area contributed by atoms with Crippen molar-refractivity contribution in [2.45, 2.75) is 12.8 Å². The van der Waals surface area contributed by atoms with Crippen LogP contribution in [0.5, 0.6) is 0 Å². The smallest absolute Gasteiger partial charge is 0.0997 e. The Bertz CT molecular complexity index is 728. The lowest BCUT2D eigenvalue weighted by Gasteiger charge is -2.19. The van der Waals surface area contributed by atoms with E-state index >= 15 is 0 Å². The summed E-state index contributed by atoms with van der Waals surface area (Å²) in [5.41, 5.74) is 4.99. The first-order chi connectivity index (χ1) is 9.92. The summed E-state index contributed by atoms with van der Waals surface area (Å²) in [7, 11) is 0. The molecule has 1 aromatic carbocycles. The molecule has 0 bridgehead atoms. The van der Waals surface area contributed by atoms with Crippen LogP contribution >= 0.6 is 11.3 Å². The SMILES string of the molecule is c1csc(-c2cncn2-c2ccc3c(c2)NCCC3)c1. The predicted octanol–water partition coefficient (Wildman–Crippen LogP) is 3.96. The van der Waals surface area contributed by atoms with Crippen molar-refractivity contribution in [2.75, 3.05) is 11.9 Å². The van der Waals surface area contributed by atoms with Crippen molar-refractivity contribution < 1.29 is 0 Å². The monoisotopic (exact) mass is 281 g/mol. The number of anilines is 1. The largest absolute Gasteiger partial charge is 0.385 e. The number of fused-ring (bicyclic) bond motifs is 1. The summed E-state index contributed by atoms with van der Waals surface area (Å²) in [6, 6.07) is 10.9. The van der Waals surface area contributed by atoms with Gasteiger partial charge >= 0.3 is 0 Å². The first-order valence-corrected chi connectivity index (χ1v) is 7.73. The van der Waals surface area contributed by atoms with E-state index in [2.05, 4.69) is 50.6 Å². The van der Waals surface area contributed by atoms with Crippen molar-refractivity contribution in [3.63, 3.8) is 0 Å². The number of hydrogen-bond acceptors (Lipinski definition) is 3. The summed E-state index contributed by atoms with van der Waals surface area (Å²) in [5.74, 6) is 0. The Kier molecular flexibility index (Phi) is 2.81. The van der Waals surface area contributed by atoms with Gasteiger partial charge < -0.3 is 5.32 Å². The number of nitrogens with zero attached hydrogens (tertiary/aromatic N) is 2. The molecule has 20 heavy (non-hydrogen) atoms. The van der Waals surface area contributed by atoms with Crippen LogP contribution in [0, 0.1) is 0 Å². The molecule has 3 heterocycles. The van der Waals surface area contributed by atoms with Gasteiger partial charge in [-0.2, -0.15) is 0 Å². The van der Waals surface area contributed by atoms with E-state index in [1.54, 1.807) is 11.3 Å². The van der Waals surface area contributed by atoms with Crippen molar-refractivity contribution in [2.24, 2.45) is 0 Å². The Hall–Kier alpha value is -2.07. The molecule has 100 valence electrons. The number of imidazole rings is 1. The van der Waals surface area contributed by atoms with Crippen LogP contribution in [0.25, 0.3) is 16.3 Å². The zero-order valence-corrected chi connectivity index (χ0v) is 11.9. The van der Waals surface area contributed by atoms with Gasteiger partial charge in [0.05, 0.1) is 23.1 Å². The fourth-order valence-corrected chi connectivity index (χ4v) is 3.44. The molecule has 0 saturated heterocycles. The molecule has 1 aliphatic rings. The first-order valence-electron chi connectivity index (χ1n) is 6.85. The molecule has 0 radical (unpaired) electrons. The van der Waals surface area contributed by atoms with Crippen molar-refractivity contribution in [3.8, 4) is 16.3 Å². The Morgan fingerprint density at radius 3 is 3.15 bits per heavy atom. The third-order valence-corrected chi connectivity index (χ3v) is 4.61. The number of rotatable bonds is 2. The van der Waals surface area contributed by atoms with E-state index in [1.165, 1.54) is 34.7 Å². The van der Waals surface area contributed by atoms with Crippen molar-refractivity contribution in [1.82, 2.24) is 9.55 Å². The molecule has 3 nitrogen and oxygen atoms in total. The van der Waals surface area contributed by atoms with Gasteiger partial charge in [-0.15, -0.1) is 11.3 Å². The average Bonchev–Trinajstić information content (AvgIpc) is 3.17. The molecule has 0 unspecified atom stereocenters. The molecule has 0 saturated carbocycles. The summed E-state index contributed by atoms with van der Waals surface area (Å²) < 4.78 is 2.16. The van der Waals surface area contributed by atoms with Gasteiger partial charge in [0.2, 0.25) is 0 Å². The van der Waals surface area contributed by atoms with Crippen LogP contribution in [-0.2, 0) is 6.42 Å². The highest BCUT2D eigenvalue weighted by atomic mass is 32.1. The quantitative estimate of drug-likeness (QED) is 0.770. The minimum Gasteiger partial charge on any atom is -0.385 e. The highest BCUT2D eigenvalue weighted by Gasteiger charge is 2.12. The lowest BCUT2D eigenvalue weighted by molar-refractivity contribution is 0.829. The second-order valence-electron chi connectivity index (χ2n) is 5.00. The maximum atomic E-state index is 4.32. The van der Waals surface area contributed by atoms with Gasteiger partial charge in [0.25, 0.3) is 0 Å². The molecule has 4 heteroatoms. The van der Waals surface area contributed by atoms with Crippen LogP contribution in [0.1, 0.15) is 12.0 Å². The molecular weight excluding hydrogens is 266 g/mol. The third-order valence-electron chi connectivity index (χ3n) is 3.72. The standard InChI is InChI=1S/C16H15N3S/c1-3-12-5-6-13(9-14(12)18-7-1)19-11-17-10-15(19)16-4-2-8-20-16/h2,4-6,8-11,18H,1,3,7H2. The van der Waals surface area contributed by atoms with Gasteiger partial charge in [-0.3, -0.25) is 4.57 Å². The van der Waals surface area contributed by atoms with E-state index in [-0.39, 0.29) is 0 Å². The first kappa shape index (κ1) is 11.7. The summed E-state index contributed by atoms with van der Waals surface area (Å²) in [4.78, 5) is 5.56. The van der Waals surface area contributed by atoms with Crippen LogP contribution in [0.3, 0.4) is 0 Å². The van der Waals surface area contributed by atoms with Crippen LogP contribution in [0.4, 0.5) is 5.69 Å².